The summed E-state index contributed by atoms with van der Waals surface area (Å²) >= 11 is 0. The molecule has 0 aromatic heterocycles. The van der Waals surface area contributed by atoms with E-state index in [0.717, 1.165) is 32.5 Å². The topological polar surface area (TPSA) is 43.9 Å². The first-order valence-corrected chi connectivity index (χ1v) is 9.55. The summed E-state index contributed by atoms with van der Waals surface area (Å²) in [5.41, 5.74) is 2.80. The highest BCUT2D eigenvalue weighted by Crippen LogP contribution is 2.33. The van der Waals surface area contributed by atoms with E-state index < -0.39 is 10.0 Å². The minimum Gasteiger partial charge on any atom is -0.367 e. The molecule has 0 bridgehead atoms. The standard InChI is InChI=1S/C16H25N3O2S/c1-17(2)22(20,21)11-10-18-8-5-9-19-15(13-18)12-14-6-3-4-7-16(14)19/h3-4,6-7,15H,5,8-13H2,1-2H3. The van der Waals surface area contributed by atoms with Crippen LogP contribution in [0.15, 0.2) is 24.3 Å². The van der Waals surface area contributed by atoms with Crippen molar-refractivity contribution in [2.75, 3.05) is 50.9 Å². The average molecular weight is 323 g/mol. The van der Waals surface area contributed by atoms with Crippen molar-refractivity contribution < 1.29 is 8.42 Å². The molecule has 122 valence electrons. The second-order valence-electron chi connectivity index (χ2n) is 6.43. The fraction of sp³-hybridized carbons (Fsp3) is 0.625. The lowest BCUT2D eigenvalue weighted by Crippen LogP contribution is -2.41. The van der Waals surface area contributed by atoms with Crippen molar-refractivity contribution in [2.45, 2.75) is 18.9 Å². The minimum absolute atomic E-state index is 0.208. The molecule has 2 heterocycles. The third kappa shape index (κ3) is 3.14. The van der Waals surface area contributed by atoms with Crippen molar-refractivity contribution >= 4 is 15.7 Å². The lowest BCUT2D eigenvalue weighted by molar-refractivity contribution is 0.287. The van der Waals surface area contributed by atoms with Crippen LogP contribution in [0, 0.1) is 0 Å². The average Bonchev–Trinajstić information content (AvgIpc) is 2.69. The summed E-state index contributed by atoms with van der Waals surface area (Å²) in [6.07, 6.45) is 2.17. The molecular weight excluding hydrogens is 298 g/mol. The number of hydrogen-bond donors (Lipinski definition) is 0. The normalized spacial score (nSPS) is 22.5. The summed E-state index contributed by atoms with van der Waals surface area (Å²) in [7, 11) is 0.101. The molecule has 0 N–H and O–H groups in total. The molecule has 22 heavy (non-hydrogen) atoms. The van der Waals surface area contributed by atoms with Gasteiger partial charge in [-0.3, -0.25) is 0 Å². The van der Waals surface area contributed by atoms with Crippen LogP contribution in [0.4, 0.5) is 5.69 Å². The molecule has 5 nitrogen and oxygen atoms in total. The largest absolute Gasteiger partial charge is 0.367 e. The zero-order chi connectivity index (χ0) is 15.7. The number of hydrogen-bond acceptors (Lipinski definition) is 4. The van der Waals surface area contributed by atoms with Crippen molar-refractivity contribution in [1.29, 1.82) is 0 Å². The molecule has 2 aliphatic heterocycles. The molecule has 1 unspecified atom stereocenters. The van der Waals surface area contributed by atoms with E-state index in [0.29, 0.717) is 12.6 Å². The van der Waals surface area contributed by atoms with Crippen molar-refractivity contribution in [3.8, 4) is 0 Å². The fourth-order valence-corrected chi connectivity index (χ4v) is 4.33. The molecule has 1 saturated heterocycles. The second-order valence-corrected chi connectivity index (χ2v) is 8.73. The molecule has 1 atom stereocenters. The highest BCUT2D eigenvalue weighted by atomic mass is 32.2. The highest BCUT2D eigenvalue weighted by molar-refractivity contribution is 7.89. The molecule has 0 aliphatic carbocycles. The maximum atomic E-state index is 12.0. The summed E-state index contributed by atoms with van der Waals surface area (Å²) in [6, 6.07) is 9.12. The zero-order valence-electron chi connectivity index (χ0n) is 13.4. The SMILES string of the molecule is CN(C)S(=O)(=O)CCN1CCCN2c3ccccc3CC2C1. The van der Waals surface area contributed by atoms with E-state index in [1.54, 1.807) is 14.1 Å². The minimum atomic E-state index is -3.11. The Bertz CT molecular complexity index is 630. The number of nitrogens with zero attached hydrogens (tertiary/aromatic N) is 3. The fourth-order valence-electron chi connectivity index (χ4n) is 3.47. The second kappa shape index (κ2) is 6.18. The van der Waals surface area contributed by atoms with Gasteiger partial charge in [0.25, 0.3) is 0 Å². The Kier molecular flexibility index (Phi) is 4.43. The smallest absolute Gasteiger partial charge is 0.214 e. The van der Waals surface area contributed by atoms with Crippen LogP contribution in [0.1, 0.15) is 12.0 Å². The van der Waals surface area contributed by atoms with Crippen molar-refractivity contribution in [2.24, 2.45) is 0 Å². The molecule has 1 aromatic carbocycles. The monoisotopic (exact) mass is 323 g/mol. The lowest BCUT2D eigenvalue weighted by atomic mass is 10.1. The number of sulfonamides is 1. The number of benzene rings is 1. The van der Waals surface area contributed by atoms with Gasteiger partial charge in [-0.05, 0) is 31.0 Å². The van der Waals surface area contributed by atoms with Gasteiger partial charge in [0.2, 0.25) is 10.0 Å². The van der Waals surface area contributed by atoms with Crippen molar-refractivity contribution in [3.05, 3.63) is 29.8 Å². The van der Waals surface area contributed by atoms with Gasteiger partial charge in [-0.25, -0.2) is 12.7 Å². The van der Waals surface area contributed by atoms with Gasteiger partial charge >= 0.3 is 0 Å². The molecule has 2 aliphatic rings. The quantitative estimate of drug-likeness (QED) is 0.830. The maximum Gasteiger partial charge on any atom is 0.214 e. The predicted molar refractivity (Wildman–Crippen MR) is 89.8 cm³/mol. The van der Waals surface area contributed by atoms with Crippen LogP contribution in [-0.2, 0) is 16.4 Å². The molecule has 1 fully saturated rings. The lowest BCUT2D eigenvalue weighted by Gasteiger charge is -2.27. The molecule has 6 heteroatoms. The van der Waals surface area contributed by atoms with E-state index in [1.165, 1.54) is 15.6 Å². The summed E-state index contributed by atoms with van der Waals surface area (Å²) in [4.78, 5) is 4.83. The van der Waals surface area contributed by atoms with E-state index in [1.807, 2.05) is 0 Å². The number of para-hydroxylation sites is 1. The van der Waals surface area contributed by atoms with Gasteiger partial charge < -0.3 is 9.80 Å². The van der Waals surface area contributed by atoms with Crippen molar-refractivity contribution in [3.63, 3.8) is 0 Å². The molecule has 0 spiro atoms. The van der Waals surface area contributed by atoms with Crippen LogP contribution in [-0.4, -0.2) is 69.7 Å². The Morgan fingerprint density at radius 3 is 2.77 bits per heavy atom. The van der Waals surface area contributed by atoms with Gasteiger partial charge in [-0.2, -0.15) is 0 Å². The molecule has 0 amide bonds. The predicted octanol–water partition coefficient (Wildman–Crippen LogP) is 1.01. The first-order chi connectivity index (χ1) is 10.5. The molecule has 0 radical (unpaired) electrons. The van der Waals surface area contributed by atoms with Crippen LogP contribution in [0.25, 0.3) is 0 Å². The Balaban J connectivity index is 1.65. The van der Waals surface area contributed by atoms with Gasteiger partial charge in [-0.15, -0.1) is 0 Å². The highest BCUT2D eigenvalue weighted by Gasteiger charge is 2.32. The van der Waals surface area contributed by atoms with Gasteiger partial charge in [0.15, 0.2) is 0 Å². The summed E-state index contributed by atoms with van der Waals surface area (Å²) in [5.74, 6) is 0.208. The van der Waals surface area contributed by atoms with Gasteiger partial charge in [0.1, 0.15) is 0 Å². The van der Waals surface area contributed by atoms with Crippen LogP contribution in [0.2, 0.25) is 0 Å². The molecule has 3 rings (SSSR count). The van der Waals surface area contributed by atoms with Crippen LogP contribution >= 0.6 is 0 Å². The third-order valence-electron chi connectivity index (χ3n) is 4.76. The first-order valence-electron chi connectivity index (χ1n) is 7.94. The van der Waals surface area contributed by atoms with Gasteiger partial charge in [-0.1, -0.05) is 18.2 Å². The van der Waals surface area contributed by atoms with Crippen LogP contribution in [0.3, 0.4) is 0 Å². The first kappa shape index (κ1) is 15.8. The third-order valence-corrected chi connectivity index (χ3v) is 6.57. The molecular formula is C16H25N3O2S. The van der Waals surface area contributed by atoms with E-state index >= 15 is 0 Å². The Morgan fingerprint density at radius 1 is 1.23 bits per heavy atom. The van der Waals surface area contributed by atoms with E-state index in [-0.39, 0.29) is 5.75 Å². The number of anilines is 1. The van der Waals surface area contributed by atoms with E-state index in [2.05, 4.69) is 34.1 Å². The van der Waals surface area contributed by atoms with Crippen molar-refractivity contribution in [1.82, 2.24) is 9.21 Å². The summed E-state index contributed by atoms with van der Waals surface area (Å²) in [6.45, 7) is 3.63. The number of rotatable bonds is 4. The van der Waals surface area contributed by atoms with E-state index in [4.69, 9.17) is 0 Å². The zero-order valence-corrected chi connectivity index (χ0v) is 14.2. The van der Waals surface area contributed by atoms with Crippen LogP contribution < -0.4 is 4.90 Å². The molecule has 0 saturated carbocycles. The molecule has 1 aromatic rings. The Labute approximate surface area is 133 Å². The van der Waals surface area contributed by atoms with E-state index in [9.17, 15) is 8.42 Å². The van der Waals surface area contributed by atoms with Crippen LogP contribution in [0.5, 0.6) is 0 Å². The van der Waals surface area contributed by atoms with Gasteiger partial charge in [0, 0.05) is 45.5 Å². The Morgan fingerprint density at radius 2 is 2.00 bits per heavy atom. The maximum absolute atomic E-state index is 12.0. The van der Waals surface area contributed by atoms with Gasteiger partial charge in [0.05, 0.1) is 5.75 Å². The Hall–Kier alpha value is -1.11. The summed E-state index contributed by atoms with van der Waals surface area (Å²) < 4.78 is 25.2. The summed E-state index contributed by atoms with van der Waals surface area (Å²) in [5, 5.41) is 0. The number of fused-ring (bicyclic) bond motifs is 3.